The average molecular weight is 1480 g/mol. The number of carbonyl (C=O) groups excluding carboxylic acids is 2. The maximum atomic E-state index is 13.6. The molecule has 2 aliphatic carbocycles. The van der Waals surface area contributed by atoms with Gasteiger partial charge in [0, 0.05) is 126 Å². The molecule has 2 saturated carbocycles. The number of terminal acetylenes is 1. The van der Waals surface area contributed by atoms with Crippen molar-refractivity contribution in [1.82, 2.24) is 34.9 Å². The zero-order valence-electron chi connectivity index (χ0n) is 63.0. The fourth-order valence-corrected chi connectivity index (χ4v) is 19.9. The zero-order valence-corrected chi connectivity index (χ0v) is 66.4. The molecule has 20 heteroatoms. The van der Waals surface area contributed by atoms with Crippen LogP contribution in [0.5, 0.6) is 0 Å². The summed E-state index contributed by atoms with van der Waals surface area (Å²) >= 11 is 3.55. The number of nitrogens with one attached hydrogen (secondary N) is 3. The van der Waals surface area contributed by atoms with Crippen LogP contribution in [0, 0.1) is 65.7 Å². The number of esters is 1. The summed E-state index contributed by atoms with van der Waals surface area (Å²) in [6, 6.07) is 35.7. The minimum Gasteiger partial charge on any atom is -0.465 e. The number of benzene rings is 4. The molecule has 548 valence electrons. The largest absolute Gasteiger partial charge is 0.465 e. The van der Waals surface area contributed by atoms with Crippen molar-refractivity contribution in [3.63, 3.8) is 0 Å². The van der Waals surface area contributed by atoms with Gasteiger partial charge in [0.25, 0.3) is 25.3 Å². The Labute approximate surface area is 618 Å². The van der Waals surface area contributed by atoms with E-state index in [9.17, 15) is 24.3 Å². The lowest BCUT2D eigenvalue weighted by molar-refractivity contribution is 0.0111. The van der Waals surface area contributed by atoms with Crippen LogP contribution in [0.2, 0.25) is 5.04 Å². The molecule has 2 saturated heterocycles. The number of nitrogens with zero attached hydrogens (tertiary/aromatic N) is 6. The number of halogens is 2. The molecule has 4 aromatic carbocycles. The molecule has 1 amide bonds. The molecule has 0 atom stereocenters. The van der Waals surface area contributed by atoms with Gasteiger partial charge in [-0.15, -0.1) is 18.8 Å². The van der Waals surface area contributed by atoms with Gasteiger partial charge in [-0.3, -0.25) is 24.2 Å². The normalized spacial score (nSPS) is 17.9. The molecule has 2 aromatic heterocycles. The summed E-state index contributed by atoms with van der Waals surface area (Å²) in [6.07, 6.45) is 14.8. The summed E-state index contributed by atoms with van der Waals surface area (Å²) in [4.78, 5) is 68.8. The fraction of sp³-hybridized carbons (Fsp3) is 0.506. The number of anilines is 2. The Morgan fingerprint density at radius 2 is 1.13 bits per heavy atom. The Kier molecular flexibility index (Phi) is 31.8. The van der Waals surface area contributed by atoms with Crippen molar-refractivity contribution in [2.24, 2.45) is 5.73 Å². The Bertz CT molecular complexity index is 3870. The molecule has 6 N–H and O–H groups in total. The summed E-state index contributed by atoms with van der Waals surface area (Å²) in [6.45, 7) is 29.5. The molecule has 4 fully saturated rings. The number of likely N-dealkylation sites (tertiary alicyclic amines) is 2. The number of nitrogens with two attached hydrogens (primary N) is 1. The van der Waals surface area contributed by atoms with Crippen LogP contribution in [0.25, 0.3) is 0 Å². The monoisotopic (exact) mass is 1480 g/mol. The first kappa shape index (κ1) is 83.1. The molecule has 17 nitrogen and oxygen atoms in total. The van der Waals surface area contributed by atoms with Crippen molar-refractivity contribution in [2.45, 2.75) is 182 Å². The second-order valence-electron chi connectivity index (χ2n) is 28.9. The summed E-state index contributed by atoms with van der Waals surface area (Å²) in [7, 11) is 7.68. The summed E-state index contributed by atoms with van der Waals surface area (Å²) in [5, 5.41) is 15.3. The van der Waals surface area contributed by atoms with E-state index in [4.69, 9.17) is 21.3 Å². The first-order valence-electron chi connectivity index (χ1n) is 35.7. The average Bonchev–Trinajstić information content (AvgIpc) is 0.740. The number of aromatic amines is 2. The van der Waals surface area contributed by atoms with Crippen molar-refractivity contribution in [1.29, 1.82) is 0 Å². The first-order chi connectivity index (χ1) is 47.6. The van der Waals surface area contributed by atoms with Crippen molar-refractivity contribution >= 4 is 70.3 Å². The molecule has 0 bridgehead atoms. The van der Waals surface area contributed by atoms with E-state index in [1.807, 2.05) is 65.8 Å². The van der Waals surface area contributed by atoms with Crippen molar-refractivity contribution in [2.75, 3.05) is 97.5 Å². The topological polar surface area (TPSA) is 196 Å². The van der Waals surface area contributed by atoms with Crippen molar-refractivity contribution in [3.8, 4) is 24.2 Å². The number of β-amino-alcohol motifs (C(OH)–C–C–N with tert-alkyl or cyclic N) is 1. The number of carbonyl (C=O) groups is 2. The number of hydrogen-bond donors (Lipinski definition) is 5. The number of methoxy groups -OCH3 is 1. The molecular formula is C81H114BrClN10O7Si. The maximum Gasteiger partial charge on any atom is 0.338 e. The highest BCUT2D eigenvalue weighted by atomic mass is 79.9. The highest BCUT2D eigenvalue weighted by Crippen LogP contribution is 2.40. The second kappa shape index (κ2) is 38.6. The summed E-state index contributed by atoms with van der Waals surface area (Å²) in [5.74, 6) is 8.76. The number of aliphatic hydroxyl groups is 1. The maximum absolute atomic E-state index is 13.6. The third kappa shape index (κ3) is 21.6. The van der Waals surface area contributed by atoms with E-state index in [2.05, 4.69) is 214 Å². The van der Waals surface area contributed by atoms with Crippen molar-refractivity contribution in [3.05, 3.63) is 184 Å². The van der Waals surface area contributed by atoms with Gasteiger partial charge in [0.2, 0.25) is 0 Å². The standard InChI is InChI=1S/C32H45N5O3.C22H27NOSi.C19H29BrN2O2.C8H12N2O.ClH/c1-7-37(26-12-10-25(11-13-26)35(5)6)30-17-24(9-8-14-36-19-27(38)20-36)16-28(23(30)4)31(39)33-18-29-21(2)15-22(3)34-32(29)40;1-5-16-23-17-19(18-23)24-25(22(2,3)4,20-12-8-6-9-13-20)21-14-10-7-11-15-21;1-6-22(16-9-7-15(8-10-16)21(3)4)18-12-14(20)11-17(13(18)2)19(23)24-5;1-5-3-6(2)10-8(11)7(5)4-9;/h15-17,25-27,38H,7,10-14,18-20H2,1-6H3,(H,33,39)(H,34,40);1,6-15,19H,16-18H2,2-4H3;11-12,15-16H,6-10H2,1-5H3;3H,4,9H2,1-2H3,(H,10,11);1H. The van der Waals surface area contributed by atoms with Crippen LogP contribution < -0.4 is 42.3 Å². The van der Waals surface area contributed by atoms with Gasteiger partial charge in [0.15, 0.2) is 0 Å². The zero-order chi connectivity index (χ0) is 73.2. The summed E-state index contributed by atoms with van der Waals surface area (Å²) in [5.41, 5.74) is 16.1. The predicted octanol–water partition coefficient (Wildman–Crippen LogP) is 11.0. The predicted molar refractivity (Wildman–Crippen MR) is 423 cm³/mol. The molecule has 0 radical (unpaired) electrons. The highest BCUT2D eigenvalue weighted by Gasteiger charge is 2.52. The number of amides is 1. The Morgan fingerprint density at radius 3 is 1.55 bits per heavy atom. The number of aryl methyl sites for hydroxylation is 4. The van der Waals surface area contributed by atoms with Gasteiger partial charge in [-0.05, 0) is 209 Å². The van der Waals surface area contributed by atoms with E-state index < -0.39 is 8.32 Å². The van der Waals surface area contributed by atoms with Crippen LogP contribution in [0.3, 0.4) is 0 Å². The quantitative estimate of drug-likeness (QED) is 0.0292. The van der Waals surface area contributed by atoms with Gasteiger partial charge in [-0.1, -0.05) is 115 Å². The van der Waals surface area contributed by atoms with Gasteiger partial charge in [-0.2, -0.15) is 0 Å². The van der Waals surface area contributed by atoms with Crippen LogP contribution in [-0.4, -0.2) is 179 Å². The van der Waals surface area contributed by atoms with Crippen LogP contribution in [0.1, 0.15) is 157 Å². The number of rotatable bonds is 19. The second-order valence-corrected chi connectivity index (χ2v) is 34.1. The Balaban J connectivity index is 0.000000228. The van der Waals surface area contributed by atoms with E-state index in [0.717, 1.165) is 107 Å². The number of aromatic nitrogens is 2. The highest BCUT2D eigenvalue weighted by molar-refractivity contribution is 9.10. The molecule has 101 heavy (non-hydrogen) atoms. The van der Waals surface area contributed by atoms with E-state index in [0.29, 0.717) is 79.1 Å². The lowest BCUT2D eigenvalue weighted by Gasteiger charge is -2.49. The van der Waals surface area contributed by atoms with E-state index in [1.165, 1.54) is 43.2 Å². The van der Waals surface area contributed by atoms with Crippen LogP contribution in [0.15, 0.2) is 111 Å². The molecule has 2 aliphatic heterocycles. The van der Waals surface area contributed by atoms with E-state index in [-0.39, 0.29) is 59.2 Å². The first-order valence-corrected chi connectivity index (χ1v) is 38.4. The third-order valence-electron chi connectivity index (χ3n) is 20.4. The minimum atomic E-state index is -2.41. The van der Waals surface area contributed by atoms with Crippen LogP contribution in [-0.2, 0) is 22.3 Å². The lowest BCUT2D eigenvalue weighted by atomic mass is 9.88. The fourth-order valence-electron chi connectivity index (χ4n) is 14.8. The van der Waals surface area contributed by atoms with Crippen LogP contribution in [0.4, 0.5) is 11.4 Å². The number of pyridine rings is 2. The number of H-pyrrole nitrogens is 2. The minimum absolute atomic E-state index is 0. The molecular weight excluding hydrogens is 1370 g/mol. The summed E-state index contributed by atoms with van der Waals surface area (Å²) < 4.78 is 12.9. The third-order valence-corrected chi connectivity index (χ3v) is 26.0. The van der Waals surface area contributed by atoms with Crippen LogP contribution >= 0.6 is 28.3 Å². The smallest absolute Gasteiger partial charge is 0.338 e. The Hall–Kier alpha value is -6.85. The molecule has 0 unspecified atom stereocenters. The number of aliphatic hydroxyl groups excluding tert-OH is 1. The molecule has 4 heterocycles. The van der Waals surface area contributed by atoms with Gasteiger partial charge in [0.1, 0.15) is 0 Å². The van der Waals surface area contributed by atoms with E-state index >= 15 is 0 Å². The number of ether oxygens (including phenoxy) is 1. The van der Waals surface area contributed by atoms with Gasteiger partial charge >= 0.3 is 5.97 Å². The van der Waals surface area contributed by atoms with Gasteiger partial charge in [-0.25, -0.2) is 4.79 Å². The molecule has 10 rings (SSSR count). The van der Waals surface area contributed by atoms with Gasteiger partial charge in [0.05, 0.1) is 38.0 Å². The lowest BCUT2D eigenvalue weighted by Crippen LogP contribution is -2.70. The molecule has 4 aliphatic rings. The Morgan fingerprint density at radius 1 is 0.673 bits per heavy atom. The van der Waals surface area contributed by atoms with E-state index in [1.54, 1.807) is 0 Å². The van der Waals surface area contributed by atoms with Crippen molar-refractivity contribution < 1.29 is 23.9 Å². The molecule has 0 spiro atoms. The SMILES string of the molecule is C#CCN1CC(O[Si](c2ccccc2)(c2ccccc2)C(C)(C)C)C1.CCN(c1cc(Br)cc(C(=O)OC)c1C)C1CCC(N(C)C)CC1.CCN(c1cc(C#CCN2CC(O)C2)cc(C(=O)NCc2c(C)cc(C)[nH]c2=O)c1C)C1CCC(N(C)C)CC1.Cc1cc(C)c(CN)c(=O)[nH]1.Cl. The number of hydrogen-bond acceptors (Lipinski definition) is 14. The molecule has 6 aromatic rings. The van der Waals surface area contributed by atoms with Gasteiger partial charge < -0.3 is 54.9 Å².